The van der Waals surface area contributed by atoms with Crippen molar-refractivity contribution >= 4 is 21.4 Å². The third-order valence-corrected chi connectivity index (χ3v) is 7.37. The number of ether oxygens (including phenoxy) is 1. The van der Waals surface area contributed by atoms with E-state index in [1.165, 1.54) is 34.9 Å². The van der Waals surface area contributed by atoms with Crippen LogP contribution in [0.2, 0.25) is 5.02 Å². The van der Waals surface area contributed by atoms with Crippen molar-refractivity contribution in [2.24, 2.45) is 7.05 Å². The molecule has 0 bridgehead atoms. The molecule has 10 heteroatoms. The van der Waals surface area contributed by atoms with Gasteiger partial charge in [-0.25, -0.2) is 12.8 Å². The number of pyridine rings is 1. The quantitative estimate of drug-likeness (QED) is 0.471. The lowest BCUT2D eigenvalue weighted by Gasteiger charge is -2.14. The Balaban J connectivity index is 2.09. The van der Waals surface area contributed by atoms with Crippen LogP contribution in [0.5, 0.6) is 11.8 Å². The van der Waals surface area contributed by atoms with Crippen LogP contribution >= 0.6 is 11.6 Å². The van der Waals surface area contributed by atoms with Crippen LogP contribution in [-0.4, -0.2) is 28.2 Å². The zero-order valence-electron chi connectivity index (χ0n) is 17.9. The fraction of sp³-hybridized carbons (Fsp3) is 0.318. The highest BCUT2D eigenvalue weighted by molar-refractivity contribution is 7.91. The van der Waals surface area contributed by atoms with Gasteiger partial charge in [-0.05, 0) is 37.6 Å². The largest absolute Gasteiger partial charge is 0.420 e. The van der Waals surface area contributed by atoms with Crippen LogP contribution < -0.4 is 10.3 Å². The first-order valence-corrected chi connectivity index (χ1v) is 12.1. The zero-order chi connectivity index (χ0) is 23.5. The first kappa shape index (κ1) is 23.9. The molecule has 3 rings (SSSR count). The molecule has 0 N–H and O–H groups in total. The van der Waals surface area contributed by atoms with Gasteiger partial charge in [-0.2, -0.15) is 9.97 Å². The normalized spacial score (nSPS) is 12.5. The number of aryl methyl sites for hydroxylation is 1. The number of benzene rings is 1. The van der Waals surface area contributed by atoms with Gasteiger partial charge in [-0.15, -0.1) is 0 Å². The van der Waals surface area contributed by atoms with Crippen LogP contribution in [0.4, 0.5) is 4.39 Å². The maximum atomic E-state index is 14.2. The summed E-state index contributed by atoms with van der Waals surface area (Å²) in [5.41, 5.74) is 0.841. The number of nitrogens with zero attached hydrogens (tertiary/aromatic N) is 3. The SMILES string of the molecule is CCC[C@@H](C)S(=O)(=O)Cc1cc(-c2ccc(=O)n(C)c2)nc(Oc2c(F)cccc2Cl)n1. The number of hydrogen-bond acceptors (Lipinski definition) is 6. The minimum Gasteiger partial charge on any atom is -0.420 e. The summed E-state index contributed by atoms with van der Waals surface area (Å²) in [6, 6.07) is 8.25. The van der Waals surface area contributed by atoms with Gasteiger partial charge >= 0.3 is 6.01 Å². The summed E-state index contributed by atoms with van der Waals surface area (Å²) >= 11 is 6.04. The molecule has 3 aromatic rings. The van der Waals surface area contributed by atoms with Gasteiger partial charge in [0.15, 0.2) is 21.4 Å². The van der Waals surface area contributed by atoms with E-state index in [9.17, 15) is 17.6 Å². The molecule has 0 saturated heterocycles. The molecular formula is C22H23ClFN3O4S. The molecule has 0 aliphatic rings. The Morgan fingerprint density at radius 2 is 1.97 bits per heavy atom. The van der Waals surface area contributed by atoms with E-state index in [0.29, 0.717) is 17.7 Å². The Labute approximate surface area is 190 Å². The van der Waals surface area contributed by atoms with E-state index in [2.05, 4.69) is 9.97 Å². The molecule has 0 fully saturated rings. The van der Waals surface area contributed by atoms with Crippen molar-refractivity contribution in [2.75, 3.05) is 0 Å². The summed E-state index contributed by atoms with van der Waals surface area (Å²) in [4.78, 5) is 20.2. The number of rotatable bonds is 8. The summed E-state index contributed by atoms with van der Waals surface area (Å²) in [6.07, 6.45) is 2.81. The van der Waals surface area contributed by atoms with E-state index in [-0.39, 0.29) is 33.8 Å². The number of hydrogen-bond donors (Lipinski definition) is 0. The van der Waals surface area contributed by atoms with Gasteiger partial charge in [0.25, 0.3) is 0 Å². The van der Waals surface area contributed by atoms with Crippen LogP contribution in [0.3, 0.4) is 0 Å². The smallest absolute Gasteiger partial charge is 0.322 e. The molecule has 0 radical (unpaired) electrons. The standard InChI is InChI=1S/C22H23ClFN3O4S/c1-4-6-14(2)32(29,30)13-16-11-19(15-9-10-20(28)27(3)12-15)26-22(25-16)31-21-17(23)7-5-8-18(21)24/h5,7-12,14H,4,6,13H2,1-3H3/t14-/m1/s1. The Morgan fingerprint density at radius 3 is 2.62 bits per heavy atom. The van der Waals surface area contributed by atoms with Crippen LogP contribution in [0.1, 0.15) is 32.4 Å². The average molecular weight is 480 g/mol. The van der Waals surface area contributed by atoms with Crippen LogP contribution in [0.15, 0.2) is 47.4 Å². The summed E-state index contributed by atoms with van der Waals surface area (Å²) in [5.74, 6) is -1.31. The lowest BCUT2D eigenvalue weighted by atomic mass is 10.2. The molecule has 0 spiro atoms. The van der Waals surface area contributed by atoms with E-state index in [0.717, 1.165) is 6.42 Å². The highest BCUT2D eigenvalue weighted by Gasteiger charge is 2.23. The first-order chi connectivity index (χ1) is 15.1. The Hall–Kier alpha value is -2.78. The Bertz CT molecular complexity index is 1270. The van der Waals surface area contributed by atoms with Crippen molar-refractivity contribution in [2.45, 2.75) is 37.7 Å². The van der Waals surface area contributed by atoms with Crippen molar-refractivity contribution in [1.82, 2.24) is 14.5 Å². The molecule has 1 aromatic carbocycles. The van der Waals surface area contributed by atoms with Crippen molar-refractivity contribution < 1.29 is 17.5 Å². The summed E-state index contributed by atoms with van der Waals surface area (Å²) in [7, 11) is -1.91. The van der Waals surface area contributed by atoms with Gasteiger partial charge in [0.1, 0.15) is 0 Å². The number of para-hydroxylation sites is 1. The molecule has 0 aliphatic carbocycles. The molecule has 7 nitrogen and oxygen atoms in total. The lowest BCUT2D eigenvalue weighted by molar-refractivity contribution is 0.410. The molecule has 0 saturated carbocycles. The lowest BCUT2D eigenvalue weighted by Crippen LogP contribution is -2.20. The van der Waals surface area contributed by atoms with Gasteiger partial charge in [0.05, 0.1) is 27.4 Å². The van der Waals surface area contributed by atoms with Crippen molar-refractivity contribution in [3.05, 3.63) is 69.5 Å². The molecule has 0 aliphatic heterocycles. The maximum Gasteiger partial charge on any atom is 0.322 e. The van der Waals surface area contributed by atoms with E-state index in [1.54, 1.807) is 26.2 Å². The van der Waals surface area contributed by atoms with Gasteiger partial charge in [-0.1, -0.05) is 31.0 Å². The van der Waals surface area contributed by atoms with Crippen LogP contribution in [0.25, 0.3) is 11.3 Å². The monoisotopic (exact) mass is 479 g/mol. The molecule has 2 heterocycles. The van der Waals surface area contributed by atoms with Gasteiger partial charge in [-0.3, -0.25) is 4.79 Å². The first-order valence-electron chi connectivity index (χ1n) is 9.99. The molecular weight excluding hydrogens is 457 g/mol. The topological polar surface area (TPSA) is 91.2 Å². The molecule has 170 valence electrons. The fourth-order valence-electron chi connectivity index (χ4n) is 3.09. The third kappa shape index (κ3) is 5.52. The highest BCUT2D eigenvalue weighted by atomic mass is 35.5. The Kier molecular flexibility index (Phi) is 7.30. The molecule has 0 amide bonds. The van der Waals surface area contributed by atoms with Crippen molar-refractivity contribution in [1.29, 1.82) is 0 Å². The van der Waals surface area contributed by atoms with E-state index in [4.69, 9.17) is 16.3 Å². The third-order valence-electron chi connectivity index (χ3n) is 4.91. The van der Waals surface area contributed by atoms with Crippen molar-refractivity contribution in [3.63, 3.8) is 0 Å². The maximum absolute atomic E-state index is 14.2. The molecule has 2 aromatic heterocycles. The minimum atomic E-state index is -3.50. The fourth-order valence-corrected chi connectivity index (χ4v) is 4.73. The number of sulfone groups is 1. The van der Waals surface area contributed by atoms with Crippen molar-refractivity contribution in [3.8, 4) is 23.0 Å². The van der Waals surface area contributed by atoms with Gasteiger partial charge in [0.2, 0.25) is 5.56 Å². The highest BCUT2D eigenvalue weighted by Crippen LogP contribution is 2.32. The minimum absolute atomic E-state index is 0.0202. The summed E-state index contributed by atoms with van der Waals surface area (Å²) in [5, 5.41) is -0.527. The summed E-state index contributed by atoms with van der Waals surface area (Å²) < 4.78 is 46.7. The van der Waals surface area contributed by atoms with Gasteiger partial charge < -0.3 is 9.30 Å². The van der Waals surface area contributed by atoms with Gasteiger partial charge in [0, 0.05) is 24.9 Å². The molecule has 0 unspecified atom stereocenters. The van der Waals surface area contributed by atoms with E-state index >= 15 is 0 Å². The molecule has 1 atom stereocenters. The Morgan fingerprint density at radius 1 is 1.22 bits per heavy atom. The average Bonchev–Trinajstić information content (AvgIpc) is 2.72. The number of aromatic nitrogens is 3. The second kappa shape index (κ2) is 9.79. The van der Waals surface area contributed by atoms with E-state index in [1.807, 2.05) is 6.92 Å². The predicted molar refractivity (Wildman–Crippen MR) is 121 cm³/mol. The predicted octanol–water partition coefficient (Wildman–Crippen LogP) is 4.53. The summed E-state index contributed by atoms with van der Waals surface area (Å²) in [6.45, 7) is 3.57. The zero-order valence-corrected chi connectivity index (χ0v) is 19.5. The van der Waals surface area contributed by atoms with Crippen LogP contribution in [-0.2, 0) is 22.6 Å². The second-order valence-corrected chi connectivity index (χ2v) is 10.3. The molecule has 32 heavy (non-hydrogen) atoms. The number of halogens is 2. The van der Waals surface area contributed by atoms with Crippen LogP contribution in [0, 0.1) is 5.82 Å². The second-order valence-electron chi connectivity index (χ2n) is 7.45. The van der Waals surface area contributed by atoms with E-state index < -0.39 is 20.9 Å².